The maximum atomic E-state index is 13.8. The highest BCUT2D eigenvalue weighted by Crippen LogP contribution is 2.23. The Hall–Kier alpha value is -2.43. The zero-order valence-electron chi connectivity index (χ0n) is 10.2. The number of ether oxygens (including phenoxy) is 1. The van der Waals surface area contributed by atoms with E-state index in [2.05, 4.69) is 15.3 Å². The summed E-state index contributed by atoms with van der Waals surface area (Å²) < 4.78 is 31.6. The number of nitrogens with one attached hydrogen (secondary N) is 1. The zero-order chi connectivity index (χ0) is 13.7. The molecule has 0 unspecified atom stereocenters. The Balaban J connectivity index is 2.15. The molecule has 0 heterocycles. The summed E-state index contributed by atoms with van der Waals surface area (Å²) in [6.07, 6.45) is 1.27. The van der Waals surface area contributed by atoms with E-state index >= 15 is 0 Å². The van der Waals surface area contributed by atoms with Crippen molar-refractivity contribution in [3.05, 3.63) is 59.7 Å². The van der Waals surface area contributed by atoms with Crippen LogP contribution in [0.5, 0.6) is 5.75 Å². The number of methoxy groups -OCH3 is 1. The van der Waals surface area contributed by atoms with Gasteiger partial charge in [-0.1, -0.05) is 18.2 Å². The molecule has 0 aliphatic carbocycles. The van der Waals surface area contributed by atoms with Gasteiger partial charge in [0.05, 0.1) is 19.0 Å². The molecule has 0 amide bonds. The molecule has 19 heavy (non-hydrogen) atoms. The highest BCUT2D eigenvalue weighted by Gasteiger charge is 2.12. The predicted octanol–water partition coefficient (Wildman–Crippen LogP) is 3.42. The molecule has 2 rings (SSSR count). The van der Waals surface area contributed by atoms with Gasteiger partial charge in [0.1, 0.15) is 0 Å². The van der Waals surface area contributed by atoms with E-state index in [1.807, 2.05) is 30.3 Å². The second-order valence-corrected chi connectivity index (χ2v) is 3.72. The Morgan fingerprint density at radius 1 is 1.11 bits per heavy atom. The summed E-state index contributed by atoms with van der Waals surface area (Å²) in [6, 6.07) is 11.6. The van der Waals surface area contributed by atoms with Crippen LogP contribution in [0.15, 0.2) is 47.6 Å². The van der Waals surface area contributed by atoms with Crippen molar-refractivity contribution in [2.24, 2.45) is 5.10 Å². The van der Waals surface area contributed by atoms with Gasteiger partial charge in [-0.2, -0.15) is 5.10 Å². The topological polar surface area (TPSA) is 33.6 Å². The van der Waals surface area contributed by atoms with Crippen molar-refractivity contribution >= 4 is 11.9 Å². The number of hydrogen-bond acceptors (Lipinski definition) is 3. The third-order valence-corrected chi connectivity index (χ3v) is 2.45. The van der Waals surface area contributed by atoms with E-state index in [1.54, 1.807) is 0 Å². The first-order valence-electron chi connectivity index (χ1n) is 5.58. The van der Waals surface area contributed by atoms with E-state index in [0.717, 1.165) is 11.8 Å². The first-order valence-corrected chi connectivity index (χ1v) is 5.58. The molecule has 98 valence electrons. The Morgan fingerprint density at radius 3 is 2.53 bits per heavy atom. The summed E-state index contributed by atoms with van der Waals surface area (Å²) in [6.45, 7) is 0. The number of anilines is 1. The fourth-order valence-electron chi connectivity index (χ4n) is 1.52. The second-order valence-electron chi connectivity index (χ2n) is 3.72. The van der Waals surface area contributed by atoms with Crippen LogP contribution in [0.2, 0.25) is 0 Å². The van der Waals surface area contributed by atoms with E-state index in [9.17, 15) is 8.78 Å². The van der Waals surface area contributed by atoms with Gasteiger partial charge in [-0.15, -0.1) is 0 Å². The van der Waals surface area contributed by atoms with Crippen molar-refractivity contribution in [2.75, 3.05) is 12.5 Å². The van der Waals surface area contributed by atoms with Crippen molar-refractivity contribution in [2.45, 2.75) is 0 Å². The summed E-state index contributed by atoms with van der Waals surface area (Å²) in [5, 5.41) is 3.88. The normalized spacial score (nSPS) is 10.7. The lowest BCUT2D eigenvalue weighted by molar-refractivity contribution is 0.359. The van der Waals surface area contributed by atoms with Crippen molar-refractivity contribution in [1.29, 1.82) is 0 Å². The number of hydrogen-bond donors (Lipinski definition) is 1. The maximum absolute atomic E-state index is 13.8. The lowest BCUT2D eigenvalue weighted by Crippen LogP contribution is -1.98. The van der Waals surface area contributed by atoms with E-state index in [0.29, 0.717) is 0 Å². The molecule has 0 atom stereocenters. The molecule has 0 bridgehead atoms. The SMILES string of the molecule is COc1c(F)ccc(C=NNc2ccccc2)c1F. The third-order valence-electron chi connectivity index (χ3n) is 2.45. The minimum atomic E-state index is -0.777. The Kier molecular flexibility index (Phi) is 4.07. The molecule has 2 aromatic carbocycles. The lowest BCUT2D eigenvalue weighted by atomic mass is 10.2. The van der Waals surface area contributed by atoms with Crippen LogP contribution in [0, 0.1) is 11.6 Å². The van der Waals surface area contributed by atoms with Crippen molar-refractivity contribution in [3.63, 3.8) is 0 Å². The molecule has 0 fully saturated rings. The van der Waals surface area contributed by atoms with Gasteiger partial charge in [0.25, 0.3) is 0 Å². The summed E-state index contributed by atoms with van der Waals surface area (Å²) in [4.78, 5) is 0. The number of rotatable bonds is 4. The average Bonchev–Trinajstić information content (AvgIpc) is 2.43. The van der Waals surface area contributed by atoms with Crippen LogP contribution in [0.3, 0.4) is 0 Å². The highest BCUT2D eigenvalue weighted by molar-refractivity contribution is 5.81. The van der Waals surface area contributed by atoms with E-state index in [4.69, 9.17) is 0 Å². The Bertz CT molecular complexity index is 585. The monoisotopic (exact) mass is 262 g/mol. The molecular formula is C14H12F2N2O. The number of halogens is 2. The smallest absolute Gasteiger partial charge is 0.191 e. The minimum Gasteiger partial charge on any atom is -0.491 e. The summed E-state index contributed by atoms with van der Waals surface area (Å²) in [5.41, 5.74) is 3.65. The van der Waals surface area contributed by atoms with Gasteiger partial charge in [0, 0.05) is 5.56 Å². The van der Waals surface area contributed by atoms with Gasteiger partial charge in [0.15, 0.2) is 17.4 Å². The second kappa shape index (κ2) is 5.95. The Morgan fingerprint density at radius 2 is 1.84 bits per heavy atom. The quantitative estimate of drug-likeness (QED) is 0.676. The van der Waals surface area contributed by atoms with E-state index in [-0.39, 0.29) is 5.56 Å². The van der Waals surface area contributed by atoms with Crippen LogP contribution in [-0.2, 0) is 0 Å². The van der Waals surface area contributed by atoms with Crippen molar-refractivity contribution < 1.29 is 13.5 Å². The number of nitrogens with zero attached hydrogens (tertiary/aromatic N) is 1. The number of para-hydroxylation sites is 1. The fourth-order valence-corrected chi connectivity index (χ4v) is 1.52. The number of hydrazone groups is 1. The molecule has 0 saturated heterocycles. The molecule has 5 heteroatoms. The molecule has 1 N–H and O–H groups in total. The predicted molar refractivity (Wildman–Crippen MR) is 70.6 cm³/mol. The first kappa shape index (κ1) is 13.0. The molecule has 0 saturated carbocycles. The summed E-state index contributed by atoms with van der Waals surface area (Å²) in [5.74, 6) is -1.93. The highest BCUT2D eigenvalue weighted by atomic mass is 19.1. The average molecular weight is 262 g/mol. The maximum Gasteiger partial charge on any atom is 0.191 e. The van der Waals surface area contributed by atoms with Crippen LogP contribution in [0.4, 0.5) is 14.5 Å². The van der Waals surface area contributed by atoms with Crippen LogP contribution < -0.4 is 10.2 Å². The van der Waals surface area contributed by atoms with E-state index in [1.165, 1.54) is 19.4 Å². The fraction of sp³-hybridized carbons (Fsp3) is 0.0714. The lowest BCUT2D eigenvalue weighted by Gasteiger charge is -2.05. The molecule has 3 nitrogen and oxygen atoms in total. The van der Waals surface area contributed by atoms with Gasteiger partial charge >= 0.3 is 0 Å². The molecule has 0 aromatic heterocycles. The summed E-state index contributed by atoms with van der Waals surface area (Å²) >= 11 is 0. The third kappa shape index (κ3) is 3.07. The molecule has 0 aliphatic heterocycles. The largest absolute Gasteiger partial charge is 0.491 e. The Labute approximate surface area is 109 Å². The van der Waals surface area contributed by atoms with Gasteiger partial charge in [-0.3, -0.25) is 5.43 Å². The van der Waals surface area contributed by atoms with Gasteiger partial charge in [0.2, 0.25) is 0 Å². The summed E-state index contributed by atoms with van der Waals surface area (Å²) in [7, 11) is 1.21. The molecular weight excluding hydrogens is 250 g/mol. The van der Waals surface area contributed by atoms with Gasteiger partial charge in [-0.05, 0) is 24.3 Å². The van der Waals surface area contributed by atoms with Crippen molar-refractivity contribution in [3.8, 4) is 5.75 Å². The van der Waals surface area contributed by atoms with Crippen LogP contribution in [0.1, 0.15) is 5.56 Å². The zero-order valence-corrected chi connectivity index (χ0v) is 10.2. The molecule has 2 aromatic rings. The van der Waals surface area contributed by atoms with E-state index < -0.39 is 17.4 Å². The van der Waals surface area contributed by atoms with Gasteiger partial charge in [-0.25, -0.2) is 8.78 Å². The van der Waals surface area contributed by atoms with Crippen LogP contribution in [-0.4, -0.2) is 13.3 Å². The number of benzene rings is 2. The molecule has 0 radical (unpaired) electrons. The van der Waals surface area contributed by atoms with Crippen molar-refractivity contribution in [1.82, 2.24) is 0 Å². The van der Waals surface area contributed by atoms with Crippen LogP contribution in [0.25, 0.3) is 0 Å². The van der Waals surface area contributed by atoms with Gasteiger partial charge < -0.3 is 4.74 Å². The standard InChI is InChI=1S/C14H12F2N2O/c1-19-14-12(15)8-7-10(13(14)16)9-17-18-11-5-3-2-4-6-11/h2-9,18H,1H3. The first-order chi connectivity index (χ1) is 9.22. The molecule has 0 spiro atoms. The van der Waals surface area contributed by atoms with Crippen LogP contribution >= 0.6 is 0 Å². The minimum absolute atomic E-state index is 0.140. The molecule has 0 aliphatic rings.